The maximum Gasteiger partial charge on any atom is 0.252 e. The number of nitrogens with zero attached hydrogens (tertiary/aromatic N) is 2. The molecule has 1 atom stereocenters. The maximum absolute atomic E-state index is 11.8. The molecule has 1 saturated carbocycles. The predicted molar refractivity (Wildman–Crippen MR) is 80.3 cm³/mol. The molecule has 5 heteroatoms. The molecule has 0 aromatic carbocycles. The number of hydrogen-bond acceptors (Lipinski definition) is 4. The molecule has 1 saturated heterocycles. The molecule has 2 aliphatic rings. The number of H-pyrrole nitrogens is 1. The summed E-state index contributed by atoms with van der Waals surface area (Å²) in [6.45, 7) is 6.29. The van der Waals surface area contributed by atoms with E-state index in [1.54, 1.807) is 6.07 Å². The summed E-state index contributed by atoms with van der Waals surface area (Å²) in [5.41, 5.74) is -0.0145. The minimum atomic E-state index is -0.0145. The molecule has 0 amide bonds. The van der Waals surface area contributed by atoms with Crippen LogP contribution >= 0.6 is 0 Å². The Morgan fingerprint density at radius 2 is 2.25 bits per heavy atom. The third-order valence-electron chi connectivity index (χ3n) is 4.14. The maximum atomic E-state index is 11.8. The summed E-state index contributed by atoms with van der Waals surface area (Å²) in [5.74, 6) is 2.23. The van der Waals surface area contributed by atoms with Gasteiger partial charge in [0.15, 0.2) is 0 Å². The van der Waals surface area contributed by atoms with Crippen LogP contribution in [0, 0.1) is 0 Å². The third-order valence-corrected chi connectivity index (χ3v) is 4.14. The zero-order chi connectivity index (χ0) is 14.1. The van der Waals surface area contributed by atoms with Crippen LogP contribution in [-0.2, 0) is 0 Å². The van der Waals surface area contributed by atoms with Crippen molar-refractivity contribution in [2.75, 3.05) is 18.0 Å². The van der Waals surface area contributed by atoms with Gasteiger partial charge in [-0.25, -0.2) is 4.98 Å². The minimum Gasteiger partial charge on any atom is -0.352 e. The van der Waals surface area contributed by atoms with Gasteiger partial charge in [-0.2, -0.15) is 0 Å². The molecule has 2 N–H and O–H groups in total. The minimum absolute atomic E-state index is 0.0145. The zero-order valence-electron chi connectivity index (χ0n) is 12.4. The lowest BCUT2D eigenvalue weighted by molar-refractivity contribution is 0.522. The highest BCUT2D eigenvalue weighted by Gasteiger charge is 2.29. The van der Waals surface area contributed by atoms with E-state index in [9.17, 15) is 4.79 Å². The molecule has 1 aromatic rings. The largest absolute Gasteiger partial charge is 0.352 e. The van der Waals surface area contributed by atoms with Gasteiger partial charge in [-0.15, -0.1) is 0 Å². The number of anilines is 1. The Morgan fingerprint density at radius 3 is 2.95 bits per heavy atom. The first kappa shape index (κ1) is 13.6. The van der Waals surface area contributed by atoms with E-state index in [2.05, 4.69) is 29.0 Å². The molecule has 0 bridgehead atoms. The van der Waals surface area contributed by atoms with E-state index in [1.165, 1.54) is 12.8 Å². The van der Waals surface area contributed by atoms with Gasteiger partial charge in [0.25, 0.3) is 5.56 Å². The van der Waals surface area contributed by atoms with Gasteiger partial charge in [-0.3, -0.25) is 4.79 Å². The Kier molecular flexibility index (Phi) is 3.78. The van der Waals surface area contributed by atoms with Gasteiger partial charge in [-0.05, 0) is 25.7 Å². The van der Waals surface area contributed by atoms with E-state index < -0.39 is 0 Å². The molecule has 0 radical (unpaired) electrons. The Bertz CT molecular complexity index is 521. The van der Waals surface area contributed by atoms with Crippen molar-refractivity contribution in [2.45, 2.75) is 57.5 Å². The number of nitrogens with one attached hydrogen (secondary N) is 2. The Labute approximate surface area is 119 Å². The fourth-order valence-corrected chi connectivity index (χ4v) is 2.88. The van der Waals surface area contributed by atoms with Gasteiger partial charge in [0, 0.05) is 37.2 Å². The van der Waals surface area contributed by atoms with Crippen molar-refractivity contribution in [1.29, 1.82) is 0 Å². The van der Waals surface area contributed by atoms with Crippen LogP contribution in [-0.4, -0.2) is 35.1 Å². The fourth-order valence-electron chi connectivity index (χ4n) is 2.88. The first-order chi connectivity index (χ1) is 9.63. The van der Waals surface area contributed by atoms with E-state index in [0.29, 0.717) is 18.0 Å². The second-order valence-corrected chi connectivity index (χ2v) is 6.32. The van der Waals surface area contributed by atoms with Crippen molar-refractivity contribution in [3.8, 4) is 0 Å². The summed E-state index contributed by atoms with van der Waals surface area (Å²) in [6.07, 6.45) is 4.67. The molecular weight excluding hydrogens is 252 g/mol. The standard InChI is InChI=1S/C15H24N4O/c1-10(2)16-9-12-4-3-7-19(12)13-8-14(20)18-15(17-13)11-5-6-11/h8,10-12,16H,3-7,9H2,1-2H3,(H,17,18,20). The lowest BCUT2D eigenvalue weighted by atomic mass is 10.2. The van der Waals surface area contributed by atoms with Crippen LogP contribution in [0.5, 0.6) is 0 Å². The van der Waals surface area contributed by atoms with Gasteiger partial charge in [0.2, 0.25) is 0 Å². The number of aromatic nitrogens is 2. The van der Waals surface area contributed by atoms with Gasteiger partial charge >= 0.3 is 0 Å². The first-order valence-electron chi connectivity index (χ1n) is 7.75. The van der Waals surface area contributed by atoms with Crippen LogP contribution in [0.25, 0.3) is 0 Å². The van der Waals surface area contributed by atoms with Crippen LogP contribution in [0.1, 0.15) is 51.3 Å². The Hall–Kier alpha value is -1.36. The topological polar surface area (TPSA) is 61.0 Å². The lowest BCUT2D eigenvalue weighted by Gasteiger charge is -2.27. The predicted octanol–water partition coefficient (Wildman–Crippen LogP) is 1.61. The zero-order valence-corrected chi connectivity index (χ0v) is 12.4. The fraction of sp³-hybridized carbons (Fsp3) is 0.733. The normalized spacial score (nSPS) is 22.8. The highest BCUT2D eigenvalue weighted by Crippen LogP contribution is 2.38. The van der Waals surface area contributed by atoms with Crippen LogP contribution in [0.2, 0.25) is 0 Å². The van der Waals surface area contributed by atoms with Gasteiger partial charge in [0.1, 0.15) is 11.6 Å². The van der Waals surface area contributed by atoms with Crippen LogP contribution in [0.4, 0.5) is 5.82 Å². The molecular formula is C15H24N4O. The third kappa shape index (κ3) is 3.03. The highest BCUT2D eigenvalue weighted by molar-refractivity contribution is 5.41. The van der Waals surface area contributed by atoms with Crippen molar-refractivity contribution in [1.82, 2.24) is 15.3 Å². The molecule has 1 aliphatic heterocycles. The average molecular weight is 276 g/mol. The van der Waals surface area contributed by atoms with Crippen molar-refractivity contribution in [3.63, 3.8) is 0 Å². The first-order valence-corrected chi connectivity index (χ1v) is 7.75. The molecule has 5 nitrogen and oxygen atoms in total. The quantitative estimate of drug-likeness (QED) is 0.858. The van der Waals surface area contributed by atoms with Gasteiger partial charge < -0.3 is 15.2 Å². The van der Waals surface area contributed by atoms with Crippen LogP contribution < -0.4 is 15.8 Å². The average Bonchev–Trinajstić information content (AvgIpc) is 3.14. The van der Waals surface area contributed by atoms with E-state index >= 15 is 0 Å². The van der Waals surface area contributed by atoms with E-state index in [-0.39, 0.29) is 5.56 Å². The number of aromatic amines is 1. The number of rotatable bonds is 5. The van der Waals surface area contributed by atoms with Gasteiger partial charge in [-0.1, -0.05) is 13.8 Å². The lowest BCUT2D eigenvalue weighted by Crippen LogP contribution is -2.41. The van der Waals surface area contributed by atoms with Crippen molar-refractivity contribution in [3.05, 3.63) is 22.2 Å². The smallest absolute Gasteiger partial charge is 0.252 e. The highest BCUT2D eigenvalue weighted by atomic mass is 16.1. The van der Waals surface area contributed by atoms with Crippen molar-refractivity contribution in [2.24, 2.45) is 0 Å². The monoisotopic (exact) mass is 276 g/mol. The molecule has 2 fully saturated rings. The summed E-state index contributed by atoms with van der Waals surface area (Å²) in [7, 11) is 0. The molecule has 1 aliphatic carbocycles. The Morgan fingerprint density at radius 1 is 1.45 bits per heavy atom. The van der Waals surface area contributed by atoms with Crippen molar-refractivity contribution < 1.29 is 0 Å². The van der Waals surface area contributed by atoms with E-state index in [1.807, 2.05) is 0 Å². The van der Waals surface area contributed by atoms with Gasteiger partial charge in [0.05, 0.1) is 0 Å². The second-order valence-electron chi connectivity index (χ2n) is 6.32. The Balaban J connectivity index is 1.78. The second kappa shape index (κ2) is 5.56. The number of hydrogen-bond donors (Lipinski definition) is 2. The summed E-state index contributed by atoms with van der Waals surface area (Å²) >= 11 is 0. The summed E-state index contributed by atoms with van der Waals surface area (Å²) in [6, 6.07) is 2.60. The van der Waals surface area contributed by atoms with E-state index in [4.69, 9.17) is 4.98 Å². The molecule has 110 valence electrons. The molecule has 1 aromatic heterocycles. The summed E-state index contributed by atoms with van der Waals surface area (Å²) in [4.78, 5) is 21.7. The molecule has 0 spiro atoms. The molecule has 20 heavy (non-hydrogen) atoms. The van der Waals surface area contributed by atoms with Crippen LogP contribution in [0.3, 0.4) is 0 Å². The summed E-state index contributed by atoms with van der Waals surface area (Å²) < 4.78 is 0. The summed E-state index contributed by atoms with van der Waals surface area (Å²) in [5, 5.41) is 3.50. The molecule has 2 heterocycles. The SMILES string of the molecule is CC(C)NCC1CCCN1c1cc(=O)[nH]c(C2CC2)n1. The van der Waals surface area contributed by atoms with E-state index in [0.717, 1.165) is 37.6 Å². The molecule has 3 rings (SSSR count). The van der Waals surface area contributed by atoms with Crippen LogP contribution in [0.15, 0.2) is 10.9 Å². The molecule has 1 unspecified atom stereocenters. The van der Waals surface area contributed by atoms with Crippen molar-refractivity contribution >= 4 is 5.82 Å².